The Bertz CT molecular complexity index is 944. The summed E-state index contributed by atoms with van der Waals surface area (Å²) in [7, 11) is 0. The number of anilines is 1. The lowest BCUT2D eigenvalue weighted by atomic mass is 10.1. The minimum atomic E-state index is -0.331. The summed E-state index contributed by atoms with van der Waals surface area (Å²) in [6.45, 7) is 3.06. The van der Waals surface area contributed by atoms with E-state index in [1.807, 2.05) is 12.1 Å². The number of nitrogens with zero attached hydrogens (tertiary/aromatic N) is 7. The van der Waals surface area contributed by atoms with Crippen molar-refractivity contribution < 1.29 is 4.79 Å². The van der Waals surface area contributed by atoms with E-state index < -0.39 is 0 Å². The van der Waals surface area contributed by atoms with Crippen LogP contribution in [0.1, 0.15) is 5.56 Å². The molecule has 0 saturated carbocycles. The van der Waals surface area contributed by atoms with E-state index in [1.54, 1.807) is 34.3 Å². The molecule has 0 spiro atoms. The molecule has 0 radical (unpaired) electrons. The smallest absolute Gasteiger partial charge is 0.248 e. The highest BCUT2D eigenvalue weighted by Gasteiger charge is 2.39. The van der Waals surface area contributed by atoms with Gasteiger partial charge in [0.15, 0.2) is 6.19 Å². The maximum Gasteiger partial charge on any atom is 0.248 e. The summed E-state index contributed by atoms with van der Waals surface area (Å²) in [6, 6.07) is 9.01. The van der Waals surface area contributed by atoms with Crippen molar-refractivity contribution in [2.24, 2.45) is 0 Å². The number of fused-ring (bicyclic) bond motifs is 1. The van der Waals surface area contributed by atoms with Crippen LogP contribution >= 0.6 is 0 Å². The van der Waals surface area contributed by atoms with Gasteiger partial charge in [0.2, 0.25) is 11.9 Å². The van der Waals surface area contributed by atoms with Gasteiger partial charge in [0.1, 0.15) is 6.04 Å². The van der Waals surface area contributed by atoms with Crippen molar-refractivity contribution in [3.8, 4) is 23.4 Å². The highest BCUT2D eigenvalue weighted by molar-refractivity contribution is 5.96. The van der Waals surface area contributed by atoms with Gasteiger partial charge in [0.25, 0.3) is 0 Å². The quantitative estimate of drug-likeness (QED) is 0.732. The van der Waals surface area contributed by atoms with Crippen molar-refractivity contribution in [2.75, 3.05) is 37.6 Å². The van der Waals surface area contributed by atoms with Gasteiger partial charge in [-0.1, -0.05) is 12.1 Å². The van der Waals surface area contributed by atoms with Gasteiger partial charge in [-0.05, 0) is 17.7 Å². The van der Waals surface area contributed by atoms with Crippen LogP contribution in [0.4, 0.5) is 5.95 Å². The predicted molar refractivity (Wildman–Crippen MR) is 97.1 cm³/mol. The molecule has 2 saturated heterocycles. The monoisotopic (exact) mass is 359 g/mol. The van der Waals surface area contributed by atoms with Gasteiger partial charge in [0, 0.05) is 44.1 Å². The summed E-state index contributed by atoms with van der Waals surface area (Å²) in [4.78, 5) is 27.0. The molecule has 1 aromatic carbocycles. The molecule has 4 rings (SSSR count). The summed E-state index contributed by atoms with van der Waals surface area (Å²) in [5.74, 6) is 0.300. The number of piperazine rings is 2. The maximum atomic E-state index is 12.9. The summed E-state index contributed by atoms with van der Waals surface area (Å²) >= 11 is 0. The maximum absolute atomic E-state index is 12.9. The molecule has 3 heterocycles. The molecule has 1 atom stereocenters. The highest BCUT2D eigenvalue weighted by atomic mass is 16.2. The van der Waals surface area contributed by atoms with E-state index in [4.69, 9.17) is 10.5 Å². The zero-order chi connectivity index (χ0) is 18.8. The zero-order valence-electron chi connectivity index (χ0n) is 14.6. The van der Waals surface area contributed by atoms with Crippen molar-refractivity contribution in [1.82, 2.24) is 19.8 Å². The molecule has 1 amide bonds. The second kappa shape index (κ2) is 7.02. The molecule has 2 aliphatic heterocycles. The van der Waals surface area contributed by atoms with Crippen molar-refractivity contribution in [3.63, 3.8) is 0 Å². The molecule has 1 aromatic heterocycles. The molecule has 8 nitrogen and oxygen atoms in total. The van der Waals surface area contributed by atoms with E-state index in [9.17, 15) is 4.79 Å². The summed E-state index contributed by atoms with van der Waals surface area (Å²) in [5.41, 5.74) is 2.21. The lowest BCUT2D eigenvalue weighted by Gasteiger charge is -2.44. The van der Waals surface area contributed by atoms with Crippen LogP contribution in [0.25, 0.3) is 11.1 Å². The summed E-state index contributed by atoms with van der Waals surface area (Å²) < 4.78 is 0. The Balaban J connectivity index is 1.54. The Labute approximate surface area is 156 Å². The van der Waals surface area contributed by atoms with Crippen molar-refractivity contribution in [2.45, 2.75) is 6.04 Å². The average molecular weight is 359 g/mol. The van der Waals surface area contributed by atoms with Gasteiger partial charge >= 0.3 is 0 Å². The standard InChI is InChI=1S/C19H17N7O/c20-9-14-2-1-3-15(8-14)16-10-22-19(23-11-16)26-7-6-25-5-4-24(13-21)12-17(25)18(26)27/h1-3,8,10-11,17H,4-7,12H2/t17-/m0/s1. The Kier molecular flexibility index (Phi) is 4.41. The number of hydrogen-bond acceptors (Lipinski definition) is 7. The van der Waals surface area contributed by atoms with E-state index in [2.05, 4.69) is 27.1 Å². The predicted octanol–water partition coefficient (Wildman–Crippen LogP) is 0.829. The molecule has 2 aliphatic rings. The SMILES string of the molecule is N#Cc1cccc(-c2cnc(N3CCN4CCN(C#N)C[C@H]4C3=O)nc2)c1. The number of nitriles is 2. The van der Waals surface area contributed by atoms with E-state index >= 15 is 0 Å². The van der Waals surface area contributed by atoms with Crippen molar-refractivity contribution in [3.05, 3.63) is 42.2 Å². The third-order valence-corrected chi connectivity index (χ3v) is 5.00. The van der Waals surface area contributed by atoms with E-state index in [-0.39, 0.29) is 11.9 Å². The van der Waals surface area contributed by atoms with Crippen molar-refractivity contribution in [1.29, 1.82) is 10.5 Å². The fourth-order valence-corrected chi connectivity index (χ4v) is 3.51. The third-order valence-electron chi connectivity index (χ3n) is 5.00. The first-order valence-electron chi connectivity index (χ1n) is 8.72. The van der Waals surface area contributed by atoms with Crippen LogP contribution in [-0.2, 0) is 4.79 Å². The lowest BCUT2D eigenvalue weighted by Crippen LogP contribution is -2.64. The highest BCUT2D eigenvalue weighted by Crippen LogP contribution is 2.23. The molecule has 0 unspecified atom stereocenters. The fourth-order valence-electron chi connectivity index (χ4n) is 3.51. The van der Waals surface area contributed by atoms with Crippen LogP contribution in [0.5, 0.6) is 0 Å². The molecule has 134 valence electrons. The minimum Gasteiger partial charge on any atom is -0.307 e. The van der Waals surface area contributed by atoms with Crippen LogP contribution in [0.3, 0.4) is 0 Å². The average Bonchev–Trinajstić information content (AvgIpc) is 2.74. The van der Waals surface area contributed by atoms with Gasteiger partial charge in [-0.15, -0.1) is 0 Å². The van der Waals surface area contributed by atoms with Crippen LogP contribution in [0, 0.1) is 22.8 Å². The summed E-state index contributed by atoms with van der Waals surface area (Å²) in [6.07, 6.45) is 5.46. The molecule has 0 aliphatic carbocycles. The first kappa shape index (κ1) is 17.0. The molecular weight excluding hydrogens is 342 g/mol. The van der Waals surface area contributed by atoms with Gasteiger partial charge < -0.3 is 4.90 Å². The number of hydrogen-bond donors (Lipinski definition) is 0. The second-order valence-corrected chi connectivity index (χ2v) is 6.55. The van der Waals surface area contributed by atoms with Crippen LogP contribution < -0.4 is 4.90 Å². The van der Waals surface area contributed by atoms with E-state index in [1.165, 1.54) is 0 Å². The molecule has 2 aromatic rings. The number of rotatable bonds is 2. The minimum absolute atomic E-state index is 0.0690. The van der Waals surface area contributed by atoms with Gasteiger partial charge in [-0.2, -0.15) is 10.5 Å². The van der Waals surface area contributed by atoms with Crippen LogP contribution in [0.15, 0.2) is 36.7 Å². The second-order valence-electron chi connectivity index (χ2n) is 6.55. The zero-order valence-corrected chi connectivity index (χ0v) is 14.6. The number of carbonyl (C=O) groups is 1. The molecule has 0 N–H and O–H groups in total. The number of aromatic nitrogens is 2. The lowest BCUT2D eigenvalue weighted by molar-refractivity contribution is -0.128. The molecular formula is C19H17N7O. The Hall–Kier alpha value is -3.49. The van der Waals surface area contributed by atoms with E-state index in [0.29, 0.717) is 37.7 Å². The summed E-state index contributed by atoms with van der Waals surface area (Å²) in [5, 5.41) is 18.1. The largest absolute Gasteiger partial charge is 0.307 e. The van der Waals surface area contributed by atoms with Gasteiger partial charge in [-0.3, -0.25) is 14.6 Å². The molecule has 8 heteroatoms. The van der Waals surface area contributed by atoms with E-state index in [0.717, 1.165) is 17.7 Å². The van der Waals surface area contributed by atoms with Gasteiger partial charge in [-0.25, -0.2) is 9.97 Å². The first-order chi connectivity index (χ1) is 13.2. The first-order valence-corrected chi connectivity index (χ1v) is 8.72. The molecule has 2 fully saturated rings. The Morgan fingerprint density at radius 2 is 1.81 bits per heavy atom. The fraction of sp³-hybridized carbons (Fsp3) is 0.316. The Morgan fingerprint density at radius 3 is 2.56 bits per heavy atom. The number of benzene rings is 1. The normalized spacial score (nSPS) is 19.9. The Morgan fingerprint density at radius 1 is 1.04 bits per heavy atom. The van der Waals surface area contributed by atoms with Crippen molar-refractivity contribution >= 4 is 11.9 Å². The molecule has 27 heavy (non-hydrogen) atoms. The number of amides is 1. The number of carbonyl (C=O) groups excluding carboxylic acids is 1. The third kappa shape index (κ3) is 3.19. The van der Waals surface area contributed by atoms with Crippen LogP contribution in [-0.4, -0.2) is 64.4 Å². The van der Waals surface area contributed by atoms with Crippen LogP contribution in [0.2, 0.25) is 0 Å². The van der Waals surface area contributed by atoms with Gasteiger partial charge in [0.05, 0.1) is 18.2 Å². The molecule has 0 bridgehead atoms. The topological polar surface area (TPSA) is 100 Å².